The first kappa shape index (κ1) is 21.1. The van der Waals surface area contributed by atoms with E-state index in [9.17, 15) is 5.02 Å². The lowest BCUT2D eigenvalue weighted by molar-refractivity contribution is 0.280. The van der Waals surface area contributed by atoms with Crippen molar-refractivity contribution >= 4 is 41.7 Å². The van der Waals surface area contributed by atoms with Crippen molar-refractivity contribution in [2.75, 3.05) is 0 Å². The van der Waals surface area contributed by atoms with Crippen LogP contribution in [0, 0.1) is 0 Å². The highest BCUT2D eigenvalue weighted by atomic mass is 79.9. The normalized spacial score (nSPS) is 12.2. The van der Waals surface area contributed by atoms with E-state index in [4.69, 9.17) is 4.43 Å². The molecule has 0 atom stereocenters. The predicted molar refractivity (Wildman–Crippen MR) is 124 cm³/mol. The van der Waals surface area contributed by atoms with Crippen LogP contribution in [0.25, 0.3) is 0 Å². The highest BCUT2D eigenvalue weighted by Gasteiger charge is 2.50. The quantitative estimate of drug-likeness (QED) is 0.562. The van der Waals surface area contributed by atoms with E-state index in [0.29, 0.717) is 6.61 Å². The molecule has 0 radical (unpaired) electrons. The molecule has 1 N–H and O–H groups in total. The third-order valence-corrected chi connectivity index (χ3v) is 10.6. The average molecular weight is 456 g/mol. The number of aromatic nitrogens is 1. The lowest BCUT2D eigenvalue weighted by Crippen LogP contribution is -2.66. The van der Waals surface area contributed by atoms with Crippen molar-refractivity contribution in [1.29, 1.82) is 0 Å². The minimum Gasteiger partial charge on any atom is -0.432 e. The third kappa shape index (κ3) is 4.06. The molecule has 28 heavy (non-hydrogen) atoms. The van der Waals surface area contributed by atoms with Crippen LogP contribution in [0.1, 0.15) is 26.5 Å². The molecule has 0 aliphatic carbocycles. The molecule has 1 aromatic heterocycles. The number of halogens is 1. The minimum atomic E-state index is -2.59. The Kier molecular flexibility index (Phi) is 6.35. The van der Waals surface area contributed by atoms with Crippen molar-refractivity contribution in [3.63, 3.8) is 0 Å². The van der Waals surface area contributed by atoms with E-state index in [1.807, 2.05) is 28.9 Å². The van der Waals surface area contributed by atoms with Gasteiger partial charge in [0.2, 0.25) is 0 Å². The van der Waals surface area contributed by atoms with Gasteiger partial charge in [0, 0.05) is 16.4 Å². The van der Waals surface area contributed by atoms with Gasteiger partial charge in [-0.05, 0) is 44.2 Å². The SMILES string of the molecule is CB(O)n1cc(Br)cc1CO[Si](c1ccccc1)(c1ccccc1)C(C)(C)C. The van der Waals surface area contributed by atoms with Crippen LogP contribution in [-0.2, 0) is 11.0 Å². The first-order valence-electron chi connectivity index (χ1n) is 9.55. The second kappa shape index (κ2) is 8.41. The van der Waals surface area contributed by atoms with Crippen molar-refractivity contribution in [2.45, 2.75) is 39.2 Å². The Morgan fingerprint density at radius 2 is 1.50 bits per heavy atom. The maximum Gasteiger partial charge on any atom is 0.413 e. The van der Waals surface area contributed by atoms with Crippen LogP contribution in [-0.4, -0.2) is 24.9 Å². The van der Waals surface area contributed by atoms with E-state index >= 15 is 0 Å². The summed E-state index contributed by atoms with van der Waals surface area (Å²) in [4.78, 5) is 0. The van der Waals surface area contributed by atoms with Crippen molar-refractivity contribution in [3.8, 4) is 0 Å². The van der Waals surface area contributed by atoms with Gasteiger partial charge in [0.25, 0.3) is 8.32 Å². The Morgan fingerprint density at radius 3 is 1.93 bits per heavy atom. The molecule has 0 unspecified atom stereocenters. The van der Waals surface area contributed by atoms with Crippen LogP contribution >= 0.6 is 15.9 Å². The lowest BCUT2D eigenvalue weighted by Gasteiger charge is -2.43. The highest BCUT2D eigenvalue weighted by molar-refractivity contribution is 9.10. The summed E-state index contributed by atoms with van der Waals surface area (Å²) in [6.45, 7) is 9.00. The van der Waals surface area contributed by atoms with Crippen molar-refractivity contribution in [2.24, 2.45) is 0 Å². The van der Waals surface area contributed by atoms with Gasteiger partial charge in [0.1, 0.15) is 0 Å². The smallest absolute Gasteiger partial charge is 0.413 e. The second-order valence-electron chi connectivity index (χ2n) is 8.14. The van der Waals surface area contributed by atoms with Crippen LogP contribution < -0.4 is 10.4 Å². The maximum absolute atomic E-state index is 10.1. The summed E-state index contributed by atoms with van der Waals surface area (Å²) in [6.07, 6.45) is 1.90. The molecular formula is C22H27BBrNO2Si. The van der Waals surface area contributed by atoms with Crippen LogP contribution in [0.2, 0.25) is 11.9 Å². The molecular weight excluding hydrogens is 429 g/mol. The highest BCUT2D eigenvalue weighted by Crippen LogP contribution is 2.37. The van der Waals surface area contributed by atoms with Crippen molar-refractivity contribution in [1.82, 2.24) is 4.48 Å². The van der Waals surface area contributed by atoms with Crippen LogP contribution in [0.15, 0.2) is 77.4 Å². The third-order valence-electron chi connectivity index (χ3n) is 5.15. The van der Waals surface area contributed by atoms with E-state index in [1.54, 1.807) is 6.82 Å². The molecule has 3 aromatic rings. The van der Waals surface area contributed by atoms with Gasteiger partial charge in [-0.25, -0.2) is 0 Å². The lowest BCUT2D eigenvalue weighted by atomic mass is 9.88. The summed E-state index contributed by atoms with van der Waals surface area (Å²) in [7, 11) is -3.20. The molecule has 2 aromatic carbocycles. The topological polar surface area (TPSA) is 34.4 Å². The van der Waals surface area contributed by atoms with Gasteiger partial charge in [-0.3, -0.25) is 0 Å². The molecule has 0 fully saturated rings. The van der Waals surface area contributed by atoms with Gasteiger partial charge in [0.05, 0.1) is 6.61 Å². The summed E-state index contributed by atoms with van der Waals surface area (Å²) in [6, 6.07) is 23.2. The largest absolute Gasteiger partial charge is 0.432 e. The van der Waals surface area contributed by atoms with Gasteiger partial charge in [0.15, 0.2) is 0 Å². The summed E-state index contributed by atoms with van der Waals surface area (Å²) in [5, 5.41) is 12.6. The van der Waals surface area contributed by atoms with Crippen LogP contribution in [0.4, 0.5) is 0 Å². The van der Waals surface area contributed by atoms with E-state index in [2.05, 4.69) is 85.2 Å². The van der Waals surface area contributed by atoms with Gasteiger partial charge < -0.3 is 13.9 Å². The standard InChI is InChI=1S/C22H27BBrNO2Si/c1-22(2,3)28(20-11-7-5-8-12-20,21-13-9-6-10-14-21)27-17-19-15-18(24)16-25(19)23(4)26/h5-16,26H,17H2,1-4H3. The number of hydrogen-bond acceptors (Lipinski definition) is 2. The zero-order valence-electron chi connectivity index (χ0n) is 16.9. The molecule has 0 aliphatic heterocycles. The molecule has 0 saturated heterocycles. The van der Waals surface area contributed by atoms with Gasteiger partial charge in [-0.15, -0.1) is 0 Å². The molecule has 0 spiro atoms. The van der Waals surface area contributed by atoms with E-state index < -0.39 is 15.4 Å². The Balaban J connectivity index is 2.12. The van der Waals surface area contributed by atoms with Crippen molar-refractivity contribution < 1.29 is 9.45 Å². The molecule has 0 aliphatic rings. The van der Waals surface area contributed by atoms with Gasteiger partial charge in [-0.2, -0.15) is 0 Å². The van der Waals surface area contributed by atoms with Gasteiger partial charge in [-0.1, -0.05) is 81.4 Å². The van der Waals surface area contributed by atoms with Crippen LogP contribution in [0.3, 0.4) is 0 Å². The van der Waals surface area contributed by atoms with E-state index in [1.165, 1.54) is 10.4 Å². The first-order valence-corrected chi connectivity index (χ1v) is 12.2. The zero-order chi connectivity index (χ0) is 20.4. The fraction of sp³-hybridized carbons (Fsp3) is 0.273. The fourth-order valence-electron chi connectivity index (χ4n) is 3.89. The molecule has 3 rings (SSSR count). The Hall–Kier alpha value is -1.60. The van der Waals surface area contributed by atoms with E-state index in [0.717, 1.165) is 10.2 Å². The molecule has 146 valence electrons. The minimum absolute atomic E-state index is 0.0742. The average Bonchev–Trinajstić information content (AvgIpc) is 3.04. The molecule has 0 saturated carbocycles. The fourth-order valence-corrected chi connectivity index (χ4v) is 8.90. The number of hydrogen-bond donors (Lipinski definition) is 1. The van der Waals surface area contributed by atoms with Crippen molar-refractivity contribution in [3.05, 3.63) is 83.1 Å². The second-order valence-corrected chi connectivity index (χ2v) is 13.4. The molecule has 3 nitrogen and oxygen atoms in total. The Bertz CT molecular complexity index is 868. The molecule has 0 amide bonds. The van der Waals surface area contributed by atoms with E-state index in [-0.39, 0.29) is 5.04 Å². The first-order chi connectivity index (χ1) is 13.3. The monoisotopic (exact) mass is 455 g/mol. The summed E-state index contributed by atoms with van der Waals surface area (Å²) < 4.78 is 9.73. The van der Waals surface area contributed by atoms with Crippen LogP contribution in [0.5, 0.6) is 0 Å². The molecule has 0 bridgehead atoms. The number of benzene rings is 2. The Labute approximate surface area is 177 Å². The predicted octanol–water partition coefficient (Wildman–Crippen LogP) is 4.29. The summed E-state index contributed by atoms with van der Waals surface area (Å²) in [5.74, 6) is 0. The summed E-state index contributed by atoms with van der Waals surface area (Å²) >= 11 is 3.52. The summed E-state index contributed by atoms with van der Waals surface area (Å²) in [5.41, 5.74) is 0.954. The zero-order valence-corrected chi connectivity index (χ0v) is 19.5. The van der Waals surface area contributed by atoms with Gasteiger partial charge >= 0.3 is 7.05 Å². The number of nitrogens with zero attached hydrogens (tertiary/aromatic N) is 1. The number of rotatable bonds is 6. The Morgan fingerprint density at radius 1 is 1.00 bits per heavy atom. The maximum atomic E-state index is 10.1. The molecule has 6 heteroatoms. The molecule has 1 heterocycles.